The molecule has 0 heterocycles. The number of hydrogen-bond acceptors (Lipinski definition) is 3. The lowest BCUT2D eigenvalue weighted by Gasteiger charge is -2.24. The quantitative estimate of drug-likeness (QED) is 0.197. The summed E-state index contributed by atoms with van der Waals surface area (Å²) in [7, 11) is 0. The largest absolute Gasteiger partial charge is 0.481 e. The maximum atomic E-state index is 13.3. The topological polar surface area (TPSA) is 69.6 Å². The molecule has 0 fully saturated rings. The van der Waals surface area contributed by atoms with Gasteiger partial charge in [-0.25, -0.2) is 4.79 Å². The number of nitrogens with one attached hydrogen (secondary N) is 1. The van der Waals surface area contributed by atoms with Crippen molar-refractivity contribution in [3.63, 3.8) is 0 Å². The van der Waals surface area contributed by atoms with E-state index in [1.54, 1.807) is 4.90 Å². The number of rotatable bonds is 10. The minimum atomic E-state index is -4.46. The van der Waals surface area contributed by atoms with Crippen LogP contribution in [0.2, 0.25) is 0 Å². The first-order valence-corrected chi connectivity index (χ1v) is 13.9. The number of aliphatic carboxylic acids is 1. The van der Waals surface area contributed by atoms with E-state index in [-0.39, 0.29) is 5.69 Å². The summed E-state index contributed by atoms with van der Waals surface area (Å²) in [5, 5.41) is 12.1. The predicted molar refractivity (Wildman–Crippen MR) is 156 cm³/mol. The van der Waals surface area contributed by atoms with Crippen LogP contribution in [0.15, 0.2) is 113 Å². The second-order valence-corrected chi connectivity index (χ2v) is 10.5. The summed E-state index contributed by atoms with van der Waals surface area (Å²) in [5.41, 5.74) is 1.91. The number of hydrogen-bond donors (Lipinski definition) is 2. The molecule has 9 heteroatoms. The van der Waals surface area contributed by atoms with Crippen LogP contribution in [-0.4, -0.2) is 23.7 Å². The first-order valence-electron chi connectivity index (χ1n) is 13.0. The smallest absolute Gasteiger partial charge is 0.416 e. The van der Waals surface area contributed by atoms with Crippen molar-refractivity contribution >= 4 is 35.1 Å². The zero-order valence-electron chi connectivity index (χ0n) is 22.3. The molecule has 41 heavy (non-hydrogen) atoms. The highest BCUT2D eigenvalue weighted by atomic mass is 32.2. The third kappa shape index (κ3) is 8.14. The number of nitrogens with zero attached hydrogens (tertiary/aromatic N) is 1. The zero-order valence-corrected chi connectivity index (χ0v) is 23.1. The SMILES string of the molecule is CCC(C(=O)O)c1ccc(Sc2ccc(N(CCc3ccccc3)C(=O)Nc3ccc(C(F)(F)F)cc3)cc2)cc1. The highest BCUT2D eigenvalue weighted by Gasteiger charge is 2.30. The lowest BCUT2D eigenvalue weighted by Crippen LogP contribution is -2.36. The zero-order chi connectivity index (χ0) is 29.4. The number of carboxylic acid groups (broad SMARTS) is 1. The fourth-order valence-electron chi connectivity index (χ4n) is 4.32. The molecule has 4 aromatic rings. The molecule has 4 aromatic carbocycles. The monoisotopic (exact) mass is 578 g/mol. The minimum absolute atomic E-state index is 0.261. The van der Waals surface area contributed by atoms with Crippen LogP contribution in [-0.2, 0) is 17.4 Å². The number of anilines is 2. The third-order valence-electron chi connectivity index (χ3n) is 6.55. The Bertz CT molecular complexity index is 1440. The van der Waals surface area contributed by atoms with Gasteiger partial charge in [0.1, 0.15) is 0 Å². The van der Waals surface area contributed by atoms with Crippen molar-refractivity contribution in [3.8, 4) is 0 Å². The molecule has 0 radical (unpaired) electrons. The van der Waals surface area contributed by atoms with Crippen molar-refractivity contribution in [1.29, 1.82) is 0 Å². The van der Waals surface area contributed by atoms with Gasteiger partial charge in [-0.2, -0.15) is 13.2 Å². The molecule has 1 atom stereocenters. The molecule has 0 bridgehead atoms. The molecule has 0 aromatic heterocycles. The molecule has 0 aliphatic carbocycles. The van der Waals surface area contributed by atoms with Gasteiger partial charge in [0.2, 0.25) is 0 Å². The minimum Gasteiger partial charge on any atom is -0.481 e. The van der Waals surface area contributed by atoms with Crippen molar-refractivity contribution in [3.05, 3.63) is 120 Å². The Morgan fingerprint density at radius 3 is 1.98 bits per heavy atom. The van der Waals surface area contributed by atoms with Gasteiger partial charge in [0, 0.05) is 27.7 Å². The summed E-state index contributed by atoms with van der Waals surface area (Å²) in [6, 6.07) is 28.5. The lowest BCUT2D eigenvalue weighted by atomic mass is 9.97. The summed E-state index contributed by atoms with van der Waals surface area (Å²) in [6.45, 7) is 2.20. The Morgan fingerprint density at radius 1 is 0.854 bits per heavy atom. The van der Waals surface area contributed by atoms with E-state index in [0.717, 1.165) is 33.1 Å². The Kier molecular flexibility index (Phi) is 9.73. The normalized spacial score (nSPS) is 12.0. The first-order chi connectivity index (χ1) is 19.6. The maximum Gasteiger partial charge on any atom is 0.416 e. The number of alkyl halides is 3. The van der Waals surface area contributed by atoms with Crippen LogP contribution in [0.4, 0.5) is 29.3 Å². The molecule has 212 valence electrons. The second-order valence-electron chi connectivity index (χ2n) is 9.36. The summed E-state index contributed by atoms with van der Waals surface area (Å²) >= 11 is 1.51. The molecule has 0 saturated heterocycles. The summed E-state index contributed by atoms with van der Waals surface area (Å²) < 4.78 is 38.8. The predicted octanol–water partition coefficient (Wildman–Crippen LogP) is 8.72. The average Bonchev–Trinajstić information content (AvgIpc) is 2.95. The number of carbonyl (C=O) groups is 2. The molecule has 0 aliphatic rings. The Morgan fingerprint density at radius 2 is 1.44 bits per heavy atom. The lowest BCUT2D eigenvalue weighted by molar-refractivity contribution is -0.139. The number of amides is 2. The van der Waals surface area contributed by atoms with E-state index >= 15 is 0 Å². The van der Waals surface area contributed by atoms with Crippen molar-refractivity contribution < 1.29 is 27.9 Å². The van der Waals surface area contributed by atoms with Gasteiger partial charge in [-0.05, 0) is 84.6 Å². The van der Waals surface area contributed by atoms with E-state index in [0.29, 0.717) is 25.1 Å². The van der Waals surface area contributed by atoms with Gasteiger partial charge in [-0.3, -0.25) is 9.69 Å². The van der Waals surface area contributed by atoms with Crippen molar-refractivity contribution in [1.82, 2.24) is 0 Å². The van der Waals surface area contributed by atoms with Gasteiger partial charge in [-0.15, -0.1) is 0 Å². The van der Waals surface area contributed by atoms with Gasteiger partial charge in [0.15, 0.2) is 0 Å². The summed E-state index contributed by atoms with van der Waals surface area (Å²) in [6.07, 6.45) is -3.36. The van der Waals surface area contributed by atoms with Crippen LogP contribution in [0.1, 0.15) is 36.0 Å². The van der Waals surface area contributed by atoms with E-state index in [2.05, 4.69) is 5.32 Å². The third-order valence-corrected chi connectivity index (χ3v) is 7.56. The van der Waals surface area contributed by atoms with Gasteiger partial charge < -0.3 is 10.4 Å². The molecule has 0 aliphatic heterocycles. The van der Waals surface area contributed by atoms with Crippen LogP contribution in [0, 0.1) is 0 Å². The standard InChI is InChI=1S/C32H29F3N2O3S/c1-2-29(30(38)39)23-8-16-27(17-9-23)41-28-18-14-26(15-19-28)37(21-20-22-6-4-3-5-7-22)31(40)36-25-12-10-24(11-13-25)32(33,34)35/h3-19,29H,2,20-21H2,1H3,(H,36,40)(H,38,39). The highest BCUT2D eigenvalue weighted by molar-refractivity contribution is 7.99. The van der Waals surface area contributed by atoms with Gasteiger partial charge in [0.05, 0.1) is 11.5 Å². The number of halogens is 3. The van der Waals surface area contributed by atoms with Gasteiger partial charge in [-0.1, -0.05) is 61.2 Å². The first kappa shape index (κ1) is 29.7. The number of carboxylic acids is 1. The van der Waals surface area contributed by atoms with E-state index in [1.807, 2.05) is 85.8 Å². The van der Waals surface area contributed by atoms with Crippen LogP contribution < -0.4 is 10.2 Å². The number of benzene rings is 4. The molecule has 1 unspecified atom stereocenters. The molecule has 0 spiro atoms. The Balaban J connectivity index is 1.49. The van der Waals surface area contributed by atoms with Crippen LogP contribution in [0.5, 0.6) is 0 Å². The second kappa shape index (κ2) is 13.4. The van der Waals surface area contributed by atoms with Crippen LogP contribution >= 0.6 is 11.8 Å². The van der Waals surface area contributed by atoms with E-state index in [1.165, 1.54) is 23.9 Å². The van der Waals surface area contributed by atoms with E-state index in [4.69, 9.17) is 0 Å². The Hall–Kier alpha value is -4.24. The highest BCUT2D eigenvalue weighted by Crippen LogP contribution is 2.32. The molecular formula is C32H29F3N2O3S. The summed E-state index contributed by atoms with van der Waals surface area (Å²) in [5.74, 6) is -1.38. The molecule has 0 saturated carbocycles. The molecule has 5 nitrogen and oxygen atoms in total. The molecule has 4 rings (SSSR count). The number of urea groups is 1. The van der Waals surface area contributed by atoms with Gasteiger partial charge >= 0.3 is 18.2 Å². The van der Waals surface area contributed by atoms with Gasteiger partial charge in [0.25, 0.3) is 0 Å². The fourth-order valence-corrected chi connectivity index (χ4v) is 5.13. The molecule has 2 amide bonds. The molecule has 2 N–H and O–H groups in total. The molecular weight excluding hydrogens is 549 g/mol. The van der Waals surface area contributed by atoms with E-state index in [9.17, 15) is 27.9 Å². The van der Waals surface area contributed by atoms with Crippen molar-refractivity contribution in [2.45, 2.75) is 41.7 Å². The van der Waals surface area contributed by atoms with Crippen molar-refractivity contribution in [2.75, 3.05) is 16.8 Å². The maximum absolute atomic E-state index is 13.3. The fraction of sp³-hybridized carbons (Fsp3) is 0.188. The van der Waals surface area contributed by atoms with Crippen molar-refractivity contribution in [2.24, 2.45) is 0 Å². The van der Waals surface area contributed by atoms with Crippen LogP contribution in [0.3, 0.4) is 0 Å². The van der Waals surface area contributed by atoms with Crippen LogP contribution in [0.25, 0.3) is 0 Å². The average molecular weight is 579 g/mol. The Labute approximate surface area is 241 Å². The number of carbonyl (C=O) groups excluding carboxylic acids is 1. The van der Waals surface area contributed by atoms with E-state index < -0.39 is 29.7 Å². The summed E-state index contributed by atoms with van der Waals surface area (Å²) in [4.78, 5) is 28.2.